The monoisotopic (exact) mass is 475 g/mol. The molecule has 0 saturated heterocycles. The van der Waals surface area contributed by atoms with Gasteiger partial charge in [-0.15, -0.1) is 0 Å². The number of non-ortho nitro benzene ring substituents is 1. The molecule has 0 unspecified atom stereocenters. The number of fused-ring (bicyclic) bond motifs is 1. The number of hydrogen-bond acceptors (Lipinski definition) is 5. The van der Waals surface area contributed by atoms with E-state index in [1.807, 2.05) is 42.5 Å². The molecule has 34 heavy (non-hydrogen) atoms. The first kappa shape index (κ1) is 22.9. The molecule has 4 aromatic carbocycles. The minimum absolute atomic E-state index is 0.207. The molecular weight excluding hydrogens is 454 g/mol. The first-order chi connectivity index (χ1) is 16.2. The zero-order chi connectivity index (χ0) is 24.3. The van der Waals surface area contributed by atoms with Gasteiger partial charge in [-0.25, -0.2) is 8.42 Å². The number of nitro benzene ring substituents is 1. The summed E-state index contributed by atoms with van der Waals surface area (Å²) in [5.74, 6) is -0.207. The van der Waals surface area contributed by atoms with Crippen molar-refractivity contribution in [1.82, 2.24) is 4.90 Å². The topological polar surface area (TPSA) is 110 Å². The summed E-state index contributed by atoms with van der Waals surface area (Å²) in [6, 6.07) is 24.9. The fourth-order valence-corrected chi connectivity index (χ4v) is 4.66. The normalized spacial score (nSPS) is 11.2. The molecule has 0 bridgehead atoms. The lowest BCUT2D eigenvalue weighted by Gasteiger charge is -2.18. The van der Waals surface area contributed by atoms with Gasteiger partial charge in [-0.3, -0.25) is 19.6 Å². The average Bonchev–Trinajstić information content (AvgIpc) is 2.84. The highest BCUT2D eigenvalue weighted by molar-refractivity contribution is 7.92. The second kappa shape index (κ2) is 9.32. The van der Waals surface area contributed by atoms with Gasteiger partial charge in [0.25, 0.3) is 21.6 Å². The SMILES string of the molecule is CN(Cc1ccc2ccccc2c1)C(=O)c1ccc(NS(=O)(=O)c2cccc([N+](=O)[O-])c2)cc1. The van der Waals surface area contributed by atoms with E-state index >= 15 is 0 Å². The maximum absolute atomic E-state index is 12.9. The summed E-state index contributed by atoms with van der Waals surface area (Å²) in [5.41, 5.74) is 1.32. The van der Waals surface area contributed by atoms with Gasteiger partial charge in [-0.05, 0) is 52.7 Å². The fraction of sp³-hybridized carbons (Fsp3) is 0.0800. The molecule has 0 radical (unpaired) electrons. The van der Waals surface area contributed by atoms with Crippen LogP contribution < -0.4 is 4.72 Å². The largest absolute Gasteiger partial charge is 0.337 e. The molecule has 0 aliphatic carbocycles. The van der Waals surface area contributed by atoms with Gasteiger partial charge in [-0.2, -0.15) is 0 Å². The third-order valence-corrected chi connectivity index (χ3v) is 6.68. The van der Waals surface area contributed by atoms with Gasteiger partial charge in [0, 0.05) is 37.0 Å². The molecule has 4 rings (SSSR count). The zero-order valence-corrected chi connectivity index (χ0v) is 19.0. The molecule has 0 spiro atoms. The molecule has 0 aliphatic heterocycles. The second-order valence-corrected chi connectivity index (χ2v) is 9.46. The Morgan fingerprint density at radius 1 is 0.912 bits per heavy atom. The number of nitrogens with one attached hydrogen (secondary N) is 1. The van der Waals surface area contributed by atoms with Gasteiger partial charge in [0.15, 0.2) is 0 Å². The molecule has 0 aromatic heterocycles. The Bertz CT molecular complexity index is 1480. The van der Waals surface area contributed by atoms with Crippen molar-refractivity contribution in [3.05, 3.63) is 112 Å². The van der Waals surface area contributed by atoms with Crippen LogP contribution in [0.4, 0.5) is 11.4 Å². The highest BCUT2D eigenvalue weighted by atomic mass is 32.2. The maximum atomic E-state index is 12.9. The molecular formula is C25H21N3O5S. The summed E-state index contributed by atoms with van der Waals surface area (Å²) in [6.07, 6.45) is 0. The van der Waals surface area contributed by atoms with E-state index in [9.17, 15) is 23.3 Å². The van der Waals surface area contributed by atoms with E-state index in [4.69, 9.17) is 0 Å². The minimum atomic E-state index is -4.03. The minimum Gasteiger partial charge on any atom is -0.337 e. The van der Waals surface area contributed by atoms with E-state index < -0.39 is 14.9 Å². The number of amides is 1. The number of sulfonamides is 1. The fourth-order valence-electron chi connectivity index (χ4n) is 3.56. The summed E-state index contributed by atoms with van der Waals surface area (Å²) in [7, 11) is -2.32. The number of hydrogen-bond donors (Lipinski definition) is 1. The first-order valence-corrected chi connectivity index (χ1v) is 11.8. The summed E-state index contributed by atoms with van der Waals surface area (Å²) in [6.45, 7) is 0.421. The molecule has 0 atom stereocenters. The van der Waals surface area contributed by atoms with Gasteiger partial charge >= 0.3 is 0 Å². The molecule has 0 saturated carbocycles. The lowest BCUT2D eigenvalue weighted by Crippen LogP contribution is -2.26. The van der Waals surface area contributed by atoms with Crippen LogP contribution in [0.1, 0.15) is 15.9 Å². The third kappa shape index (κ3) is 5.05. The second-order valence-electron chi connectivity index (χ2n) is 7.78. The number of rotatable bonds is 7. The van der Waals surface area contributed by atoms with Crippen molar-refractivity contribution in [3.63, 3.8) is 0 Å². The van der Waals surface area contributed by atoms with Gasteiger partial charge < -0.3 is 4.90 Å². The van der Waals surface area contributed by atoms with Crippen LogP contribution in [0.2, 0.25) is 0 Å². The van der Waals surface area contributed by atoms with E-state index in [1.54, 1.807) is 11.9 Å². The summed E-state index contributed by atoms with van der Waals surface area (Å²) in [4.78, 5) is 24.5. The van der Waals surface area contributed by atoms with Crippen molar-refractivity contribution in [2.24, 2.45) is 0 Å². The van der Waals surface area contributed by atoms with Crippen LogP contribution >= 0.6 is 0 Å². The van der Waals surface area contributed by atoms with Gasteiger partial charge in [-0.1, -0.05) is 42.5 Å². The Morgan fingerprint density at radius 2 is 1.62 bits per heavy atom. The summed E-state index contributed by atoms with van der Waals surface area (Å²) >= 11 is 0. The Balaban J connectivity index is 1.45. The Morgan fingerprint density at radius 3 is 2.32 bits per heavy atom. The molecule has 0 aliphatic rings. The van der Waals surface area contributed by atoms with E-state index in [1.165, 1.54) is 42.5 Å². The van der Waals surface area contributed by atoms with Crippen LogP contribution in [0.5, 0.6) is 0 Å². The molecule has 0 fully saturated rings. The van der Waals surface area contributed by atoms with Gasteiger partial charge in [0.05, 0.1) is 9.82 Å². The quantitative estimate of drug-likeness (QED) is 0.304. The van der Waals surface area contributed by atoms with Crippen molar-refractivity contribution in [3.8, 4) is 0 Å². The van der Waals surface area contributed by atoms with E-state index in [0.717, 1.165) is 22.4 Å². The van der Waals surface area contributed by atoms with Gasteiger partial charge in [0.2, 0.25) is 0 Å². The van der Waals surface area contributed by atoms with Crippen molar-refractivity contribution < 1.29 is 18.1 Å². The molecule has 4 aromatic rings. The van der Waals surface area contributed by atoms with Crippen LogP contribution in [0.25, 0.3) is 10.8 Å². The first-order valence-electron chi connectivity index (χ1n) is 10.3. The van der Waals surface area contributed by atoms with Crippen LogP contribution in [0.15, 0.2) is 95.9 Å². The number of benzene rings is 4. The van der Waals surface area contributed by atoms with Gasteiger partial charge in [0.1, 0.15) is 0 Å². The van der Waals surface area contributed by atoms with E-state index in [2.05, 4.69) is 4.72 Å². The Hall–Kier alpha value is -4.24. The van der Waals surface area contributed by atoms with Crippen molar-refractivity contribution >= 4 is 38.1 Å². The van der Waals surface area contributed by atoms with Crippen molar-refractivity contribution in [1.29, 1.82) is 0 Å². The maximum Gasteiger partial charge on any atom is 0.270 e. The standard InChI is InChI=1S/C25H21N3O5S/c1-27(17-18-9-10-19-5-2-3-6-21(19)15-18)25(29)20-11-13-22(14-12-20)26-34(32,33)24-8-4-7-23(16-24)28(30)31/h2-16,26H,17H2,1H3. The number of nitrogens with zero attached hydrogens (tertiary/aromatic N) is 2. The molecule has 1 N–H and O–H groups in total. The summed E-state index contributed by atoms with van der Waals surface area (Å²) in [5, 5.41) is 13.1. The van der Waals surface area contributed by atoms with Crippen LogP contribution in [-0.4, -0.2) is 31.2 Å². The third-order valence-electron chi connectivity index (χ3n) is 5.30. The highest BCUT2D eigenvalue weighted by Gasteiger charge is 2.18. The Kier molecular flexibility index (Phi) is 6.29. The van der Waals surface area contributed by atoms with E-state index in [0.29, 0.717) is 12.1 Å². The van der Waals surface area contributed by atoms with E-state index in [-0.39, 0.29) is 22.2 Å². The Labute approximate surface area is 196 Å². The lowest BCUT2D eigenvalue weighted by molar-refractivity contribution is -0.385. The van der Waals surface area contributed by atoms with Crippen LogP contribution in [0, 0.1) is 10.1 Å². The predicted octanol–water partition coefficient (Wildman–Crippen LogP) is 4.82. The molecule has 172 valence electrons. The predicted molar refractivity (Wildman–Crippen MR) is 130 cm³/mol. The van der Waals surface area contributed by atoms with Crippen LogP contribution in [0.3, 0.4) is 0 Å². The summed E-state index contributed by atoms with van der Waals surface area (Å²) < 4.78 is 27.6. The number of nitro groups is 1. The zero-order valence-electron chi connectivity index (χ0n) is 18.2. The molecule has 9 heteroatoms. The molecule has 0 heterocycles. The number of carbonyl (C=O) groups excluding carboxylic acids is 1. The van der Waals surface area contributed by atoms with Crippen LogP contribution in [-0.2, 0) is 16.6 Å². The van der Waals surface area contributed by atoms with Crippen molar-refractivity contribution in [2.45, 2.75) is 11.4 Å². The number of carbonyl (C=O) groups is 1. The smallest absolute Gasteiger partial charge is 0.270 e. The molecule has 1 amide bonds. The molecule has 8 nitrogen and oxygen atoms in total. The number of anilines is 1. The lowest BCUT2D eigenvalue weighted by atomic mass is 10.1. The van der Waals surface area contributed by atoms with Crippen molar-refractivity contribution in [2.75, 3.05) is 11.8 Å². The average molecular weight is 476 g/mol. The highest BCUT2D eigenvalue weighted by Crippen LogP contribution is 2.22.